The molecule has 3 heterocycles. The summed E-state index contributed by atoms with van der Waals surface area (Å²) in [5.74, 6) is -2.50. The fraction of sp³-hybridized carbons (Fsp3) is 0.500. The molecule has 24 heavy (non-hydrogen) atoms. The number of aromatic nitrogens is 4. The van der Waals surface area contributed by atoms with E-state index in [0.717, 1.165) is 0 Å². The van der Waals surface area contributed by atoms with Crippen LogP contribution in [0.1, 0.15) is 0 Å². The number of anilines is 4. The van der Waals surface area contributed by atoms with Gasteiger partial charge in [-0.3, -0.25) is 0 Å². The molecule has 132 valence electrons. The molecule has 14 nitrogen and oxygen atoms in total. The zero-order valence-corrected chi connectivity index (χ0v) is 13.6. The maximum atomic E-state index is 12.4. The van der Waals surface area contributed by atoms with Crippen molar-refractivity contribution in [3.05, 3.63) is 0 Å². The van der Waals surface area contributed by atoms with Gasteiger partial charge < -0.3 is 11.5 Å². The van der Waals surface area contributed by atoms with Crippen molar-refractivity contribution in [3.8, 4) is 0 Å². The highest BCUT2D eigenvalue weighted by atomic mass is 32.2. The number of sulfonamides is 2. The number of nitrogens with zero attached hydrogens (tertiary/aromatic N) is 6. The SMILES string of the molecule is NCCS(=O)(=O)N1c2nonc2N(S(=O)(=O)CCN)c2nonc21. The second kappa shape index (κ2) is 5.65. The summed E-state index contributed by atoms with van der Waals surface area (Å²) in [5, 5.41) is 13.8. The highest BCUT2D eigenvalue weighted by molar-refractivity contribution is 7.94. The summed E-state index contributed by atoms with van der Waals surface area (Å²) in [5.41, 5.74) is 10.6. The monoisotopic (exact) mass is 380 g/mol. The van der Waals surface area contributed by atoms with Gasteiger partial charge in [0.2, 0.25) is 43.3 Å². The minimum absolute atomic E-state index is 0.185. The highest BCUT2D eigenvalue weighted by Crippen LogP contribution is 2.46. The van der Waals surface area contributed by atoms with Crippen LogP contribution in [0.4, 0.5) is 23.3 Å². The quantitative estimate of drug-likeness (QED) is 0.539. The summed E-state index contributed by atoms with van der Waals surface area (Å²) in [7, 11) is -8.09. The van der Waals surface area contributed by atoms with Crippen LogP contribution in [0.3, 0.4) is 0 Å². The van der Waals surface area contributed by atoms with Crippen LogP contribution >= 0.6 is 0 Å². The third kappa shape index (κ3) is 2.39. The lowest BCUT2D eigenvalue weighted by Crippen LogP contribution is -2.40. The fourth-order valence-electron chi connectivity index (χ4n) is 2.08. The van der Waals surface area contributed by atoms with Crippen molar-refractivity contribution in [2.24, 2.45) is 11.5 Å². The van der Waals surface area contributed by atoms with Crippen molar-refractivity contribution in [1.29, 1.82) is 0 Å². The second-order valence-electron chi connectivity index (χ2n) is 4.56. The Bertz CT molecular complexity index is 834. The molecule has 4 N–H and O–H groups in total. The zero-order valence-electron chi connectivity index (χ0n) is 11.9. The molecule has 0 fully saturated rings. The first-order valence-corrected chi connectivity index (χ1v) is 9.66. The summed E-state index contributed by atoms with van der Waals surface area (Å²) in [6.45, 7) is -0.371. The molecule has 0 spiro atoms. The first-order chi connectivity index (χ1) is 11.3. The Morgan fingerprint density at radius 2 is 1.00 bits per heavy atom. The normalized spacial score (nSPS) is 14.6. The Morgan fingerprint density at radius 1 is 0.708 bits per heavy atom. The molecular formula is C8H12N8O6S2. The summed E-state index contributed by atoms with van der Waals surface area (Å²) < 4.78 is 60.0. The maximum absolute atomic E-state index is 12.4. The first kappa shape index (κ1) is 16.6. The van der Waals surface area contributed by atoms with Gasteiger partial charge in [0.05, 0.1) is 11.5 Å². The summed E-state index contributed by atoms with van der Waals surface area (Å²) >= 11 is 0. The van der Waals surface area contributed by atoms with Crippen molar-refractivity contribution < 1.29 is 26.1 Å². The van der Waals surface area contributed by atoms with Gasteiger partial charge in [-0.05, 0) is 20.6 Å². The van der Waals surface area contributed by atoms with E-state index in [9.17, 15) is 16.8 Å². The van der Waals surface area contributed by atoms with Crippen LogP contribution in [0.5, 0.6) is 0 Å². The Balaban J connectivity index is 2.24. The van der Waals surface area contributed by atoms with Crippen LogP contribution in [-0.4, -0.2) is 62.1 Å². The van der Waals surface area contributed by atoms with Gasteiger partial charge >= 0.3 is 0 Å². The maximum Gasteiger partial charge on any atom is 0.243 e. The lowest BCUT2D eigenvalue weighted by Gasteiger charge is -2.28. The smallest absolute Gasteiger partial charge is 0.243 e. The summed E-state index contributed by atoms with van der Waals surface area (Å²) in [4.78, 5) is 0. The predicted octanol–water partition coefficient (Wildman–Crippen LogP) is -2.38. The molecule has 0 radical (unpaired) electrons. The minimum atomic E-state index is -4.04. The van der Waals surface area contributed by atoms with Crippen molar-refractivity contribution in [1.82, 2.24) is 20.6 Å². The molecule has 0 aliphatic carbocycles. The molecule has 2 aromatic rings. The molecular weight excluding hydrogens is 368 g/mol. The van der Waals surface area contributed by atoms with Gasteiger partial charge in [-0.25, -0.2) is 26.1 Å². The van der Waals surface area contributed by atoms with E-state index in [1.807, 2.05) is 0 Å². The standard InChI is InChI=1S/C8H12N8O6S2/c9-1-3-23(17,18)15-5-7(13-21-11-5)16(24(19,20)4-2-10)8-6(15)12-22-14-8/h1-4,9-10H2. The second-order valence-corrected chi connectivity index (χ2v) is 8.44. The van der Waals surface area contributed by atoms with Gasteiger partial charge in [0.1, 0.15) is 0 Å². The van der Waals surface area contributed by atoms with Crippen molar-refractivity contribution in [2.45, 2.75) is 0 Å². The third-order valence-corrected chi connectivity index (χ3v) is 6.29. The Kier molecular flexibility index (Phi) is 3.90. The topological polar surface area (TPSA) is 205 Å². The predicted molar refractivity (Wildman–Crippen MR) is 78.6 cm³/mol. The molecule has 1 aliphatic heterocycles. The van der Waals surface area contributed by atoms with Gasteiger partial charge in [-0.1, -0.05) is 0 Å². The van der Waals surface area contributed by atoms with E-state index in [4.69, 9.17) is 11.5 Å². The number of hydrogen-bond donors (Lipinski definition) is 2. The number of hydrogen-bond acceptors (Lipinski definition) is 12. The number of fused-ring (bicyclic) bond motifs is 2. The lowest BCUT2D eigenvalue weighted by atomic mass is 10.4. The van der Waals surface area contributed by atoms with Crippen LogP contribution in [0.2, 0.25) is 0 Å². The van der Waals surface area contributed by atoms with Gasteiger partial charge in [0.25, 0.3) is 0 Å². The molecule has 0 saturated heterocycles. The molecule has 16 heteroatoms. The Morgan fingerprint density at radius 3 is 1.25 bits per heavy atom. The largest absolute Gasteiger partial charge is 0.329 e. The van der Waals surface area contributed by atoms with Crippen LogP contribution < -0.4 is 20.1 Å². The van der Waals surface area contributed by atoms with Crippen LogP contribution in [0.15, 0.2) is 9.26 Å². The molecule has 0 atom stereocenters. The van der Waals surface area contributed by atoms with Crippen molar-refractivity contribution in [3.63, 3.8) is 0 Å². The number of rotatable bonds is 6. The van der Waals surface area contributed by atoms with E-state index < -0.39 is 54.8 Å². The van der Waals surface area contributed by atoms with Crippen LogP contribution in [0.25, 0.3) is 0 Å². The van der Waals surface area contributed by atoms with Crippen molar-refractivity contribution >= 4 is 43.3 Å². The molecule has 3 rings (SSSR count). The summed E-state index contributed by atoms with van der Waals surface area (Å²) in [6.07, 6.45) is 0. The average Bonchev–Trinajstić information content (AvgIpc) is 3.11. The highest BCUT2D eigenvalue weighted by Gasteiger charge is 2.47. The van der Waals surface area contributed by atoms with Crippen LogP contribution in [-0.2, 0) is 20.0 Å². The molecule has 0 aromatic carbocycles. The third-order valence-electron chi connectivity index (χ3n) is 2.99. The van der Waals surface area contributed by atoms with E-state index in [1.165, 1.54) is 0 Å². The van der Waals surface area contributed by atoms with E-state index in [1.54, 1.807) is 0 Å². The Labute approximate surface area is 135 Å². The van der Waals surface area contributed by atoms with Gasteiger partial charge in [-0.15, -0.1) is 0 Å². The average molecular weight is 380 g/mol. The summed E-state index contributed by atoms with van der Waals surface area (Å²) in [6, 6.07) is 0. The fourth-order valence-corrected chi connectivity index (χ4v) is 4.55. The first-order valence-electron chi connectivity index (χ1n) is 6.44. The molecule has 0 amide bonds. The molecule has 0 bridgehead atoms. The molecule has 0 unspecified atom stereocenters. The van der Waals surface area contributed by atoms with E-state index in [0.29, 0.717) is 8.61 Å². The Hall–Kier alpha value is -2.30. The van der Waals surface area contributed by atoms with Crippen molar-refractivity contribution in [2.75, 3.05) is 33.2 Å². The zero-order chi connectivity index (χ0) is 17.5. The molecule has 1 aliphatic rings. The van der Waals surface area contributed by atoms with Crippen LogP contribution in [0, 0.1) is 0 Å². The molecule has 2 aromatic heterocycles. The minimum Gasteiger partial charge on any atom is -0.329 e. The van der Waals surface area contributed by atoms with Gasteiger partial charge in [-0.2, -0.15) is 8.61 Å². The lowest BCUT2D eigenvalue weighted by molar-refractivity contribution is 0.304. The van der Waals surface area contributed by atoms with Gasteiger partial charge in [0, 0.05) is 13.1 Å². The van der Waals surface area contributed by atoms with E-state index in [-0.39, 0.29) is 13.1 Å². The molecule has 0 saturated carbocycles. The van der Waals surface area contributed by atoms with E-state index in [2.05, 4.69) is 29.9 Å². The number of nitrogens with two attached hydrogens (primary N) is 2. The van der Waals surface area contributed by atoms with Gasteiger partial charge in [0.15, 0.2) is 0 Å². The van der Waals surface area contributed by atoms with E-state index >= 15 is 0 Å².